The van der Waals surface area contributed by atoms with Crippen molar-refractivity contribution < 1.29 is 18.7 Å². The number of carbonyl (C=O) groups excluding carboxylic acids is 1. The standard InChI is InChI=1S/C25H35FN2O3/c1-30-22-11-18(12-22)15-28-23(29)25-8-2-7-24(17-25,9-10-25)20-3-5-21(6-4-20)31-16-19(13-26)14-27/h3-6,13,18,22H,2,7-12,14-17,27H2,1H3,(H,28,29)/b19-13+. The van der Waals surface area contributed by atoms with Crippen molar-refractivity contribution in [2.45, 2.75) is 62.9 Å². The van der Waals surface area contributed by atoms with Crippen LogP contribution in [0.2, 0.25) is 0 Å². The van der Waals surface area contributed by atoms with Crippen LogP contribution in [-0.4, -0.2) is 38.8 Å². The van der Waals surface area contributed by atoms with Crippen LogP contribution in [0.15, 0.2) is 36.2 Å². The molecule has 1 aromatic carbocycles. The lowest BCUT2D eigenvalue weighted by molar-refractivity contribution is -0.133. The van der Waals surface area contributed by atoms with Gasteiger partial charge in [0.2, 0.25) is 5.91 Å². The van der Waals surface area contributed by atoms with Crippen LogP contribution in [0.25, 0.3) is 0 Å². The second-order valence-corrected chi connectivity index (χ2v) is 9.78. The first-order valence-corrected chi connectivity index (χ1v) is 11.6. The molecule has 1 amide bonds. The third-order valence-corrected chi connectivity index (χ3v) is 7.94. The highest BCUT2D eigenvalue weighted by molar-refractivity contribution is 5.83. The number of benzene rings is 1. The molecule has 3 aliphatic carbocycles. The summed E-state index contributed by atoms with van der Waals surface area (Å²) in [5.41, 5.74) is 7.05. The van der Waals surface area contributed by atoms with Gasteiger partial charge in [0.25, 0.3) is 0 Å². The molecule has 2 bridgehead atoms. The van der Waals surface area contributed by atoms with Gasteiger partial charge in [-0.05, 0) is 74.0 Å². The molecule has 2 atom stereocenters. The van der Waals surface area contributed by atoms with Gasteiger partial charge < -0.3 is 20.5 Å². The summed E-state index contributed by atoms with van der Waals surface area (Å²) in [6.45, 7) is 1.08. The summed E-state index contributed by atoms with van der Waals surface area (Å²) in [5.74, 6) is 1.52. The van der Waals surface area contributed by atoms with Gasteiger partial charge in [-0.25, -0.2) is 4.39 Å². The molecule has 6 heteroatoms. The number of hydrogen-bond donors (Lipinski definition) is 2. The predicted molar refractivity (Wildman–Crippen MR) is 119 cm³/mol. The number of rotatable bonds is 9. The van der Waals surface area contributed by atoms with Crippen molar-refractivity contribution in [2.75, 3.05) is 26.8 Å². The number of ether oxygens (including phenoxy) is 2. The van der Waals surface area contributed by atoms with Gasteiger partial charge in [-0.15, -0.1) is 0 Å². The van der Waals surface area contributed by atoms with Gasteiger partial charge in [0.1, 0.15) is 12.4 Å². The third-order valence-electron chi connectivity index (χ3n) is 7.94. The third kappa shape index (κ3) is 4.51. The van der Waals surface area contributed by atoms with Gasteiger partial charge in [0.05, 0.1) is 17.8 Å². The van der Waals surface area contributed by atoms with E-state index in [1.54, 1.807) is 7.11 Å². The highest BCUT2D eigenvalue weighted by Gasteiger charge is 2.55. The maximum absolute atomic E-state index is 13.2. The lowest BCUT2D eigenvalue weighted by Gasteiger charge is -2.40. The zero-order chi connectivity index (χ0) is 21.9. The van der Waals surface area contributed by atoms with Crippen LogP contribution in [0.4, 0.5) is 4.39 Å². The maximum Gasteiger partial charge on any atom is 0.226 e. The average molecular weight is 431 g/mol. The minimum atomic E-state index is -0.222. The Morgan fingerprint density at radius 3 is 2.68 bits per heavy atom. The number of amides is 1. The fourth-order valence-corrected chi connectivity index (χ4v) is 5.87. The number of carbonyl (C=O) groups is 1. The van der Waals surface area contributed by atoms with Crippen LogP contribution in [0.1, 0.15) is 56.9 Å². The van der Waals surface area contributed by atoms with Crippen LogP contribution in [0, 0.1) is 11.3 Å². The Bertz CT molecular complexity index is 805. The smallest absolute Gasteiger partial charge is 0.226 e. The van der Waals surface area contributed by atoms with Crippen LogP contribution in [-0.2, 0) is 14.9 Å². The van der Waals surface area contributed by atoms with Gasteiger partial charge in [-0.3, -0.25) is 4.79 Å². The van der Waals surface area contributed by atoms with E-state index in [0.29, 0.717) is 29.7 Å². The zero-order valence-corrected chi connectivity index (χ0v) is 18.5. The molecule has 0 aromatic heterocycles. The van der Waals surface area contributed by atoms with Crippen molar-refractivity contribution in [1.29, 1.82) is 0 Å². The Balaban J connectivity index is 1.37. The SMILES string of the molecule is COC1CC(CNC(=O)C23CCCC(c4ccc(OC/C(=C/F)CN)cc4)(CC2)C3)C1. The number of nitrogens with two attached hydrogens (primary N) is 1. The lowest BCUT2D eigenvalue weighted by atomic mass is 9.65. The molecule has 0 heterocycles. The van der Waals surface area contributed by atoms with Crippen molar-refractivity contribution in [2.24, 2.45) is 17.1 Å². The minimum Gasteiger partial charge on any atom is -0.489 e. The molecule has 170 valence electrons. The summed E-state index contributed by atoms with van der Waals surface area (Å²) < 4.78 is 23.7. The first-order chi connectivity index (χ1) is 15.0. The molecular formula is C25H35FN2O3. The van der Waals surface area contributed by atoms with Crippen molar-refractivity contribution in [3.05, 3.63) is 41.7 Å². The quantitative estimate of drug-likeness (QED) is 0.621. The highest BCUT2D eigenvalue weighted by atomic mass is 19.1. The molecular weight excluding hydrogens is 395 g/mol. The second-order valence-electron chi connectivity index (χ2n) is 9.78. The Morgan fingerprint density at radius 1 is 1.23 bits per heavy atom. The largest absolute Gasteiger partial charge is 0.489 e. The zero-order valence-electron chi connectivity index (χ0n) is 18.5. The van der Waals surface area contributed by atoms with E-state index in [-0.39, 0.29) is 29.9 Å². The van der Waals surface area contributed by atoms with Gasteiger partial charge in [0.15, 0.2) is 0 Å². The fraction of sp³-hybridized carbons (Fsp3) is 0.640. The molecule has 4 rings (SSSR count). The molecule has 5 nitrogen and oxygen atoms in total. The number of halogens is 1. The molecule has 3 saturated carbocycles. The number of fused-ring (bicyclic) bond motifs is 2. The topological polar surface area (TPSA) is 73.6 Å². The lowest BCUT2D eigenvalue weighted by Crippen LogP contribution is -2.46. The van der Waals surface area contributed by atoms with E-state index < -0.39 is 0 Å². The van der Waals surface area contributed by atoms with E-state index >= 15 is 0 Å². The van der Waals surface area contributed by atoms with E-state index in [1.165, 1.54) is 5.56 Å². The minimum absolute atomic E-state index is 0.0764. The molecule has 0 spiro atoms. The van der Waals surface area contributed by atoms with E-state index in [1.807, 2.05) is 12.1 Å². The highest BCUT2D eigenvalue weighted by Crippen LogP contribution is 2.59. The number of nitrogens with one attached hydrogen (secondary N) is 1. The summed E-state index contributed by atoms with van der Waals surface area (Å²) in [4.78, 5) is 13.2. The fourth-order valence-electron chi connectivity index (χ4n) is 5.87. The van der Waals surface area contributed by atoms with Crippen LogP contribution < -0.4 is 15.8 Å². The van der Waals surface area contributed by atoms with Crippen LogP contribution in [0.5, 0.6) is 5.75 Å². The molecule has 3 fully saturated rings. The molecule has 31 heavy (non-hydrogen) atoms. The Labute approximate surface area is 184 Å². The predicted octanol–water partition coefficient (Wildman–Crippen LogP) is 4.01. The van der Waals surface area contributed by atoms with Crippen LogP contribution in [0.3, 0.4) is 0 Å². The molecule has 3 aliphatic rings. The summed E-state index contributed by atoms with van der Waals surface area (Å²) in [7, 11) is 1.76. The number of methoxy groups -OCH3 is 1. The van der Waals surface area contributed by atoms with Crippen molar-refractivity contribution in [3.8, 4) is 5.75 Å². The first kappa shape index (κ1) is 22.3. The molecule has 2 unspecified atom stereocenters. The molecule has 0 radical (unpaired) electrons. The Kier molecular flexibility index (Phi) is 6.68. The Morgan fingerprint density at radius 2 is 2.00 bits per heavy atom. The Hall–Kier alpha value is -1.92. The van der Waals surface area contributed by atoms with E-state index in [4.69, 9.17) is 15.2 Å². The van der Waals surface area contributed by atoms with Crippen molar-refractivity contribution in [3.63, 3.8) is 0 Å². The monoisotopic (exact) mass is 430 g/mol. The van der Waals surface area contributed by atoms with E-state index in [2.05, 4.69) is 17.4 Å². The summed E-state index contributed by atoms with van der Waals surface area (Å²) in [6, 6.07) is 8.15. The van der Waals surface area contributed by atoms with E-state index in [9.17, 15) is 9.18 Å². The summed E-state index contributed by atoms with van der Waals surface area (Å²) in [5, 5.41) is 3.27. The molecule has 3 N–H and O–H groups in total. The van der Waals surface area contributed by atoms with Crippen molar-refractivity contribution >= 4 is 5.91 Å². The first-order valence-electron chi connectivity index (χ1n) is 11.6. The van der Waals surface area contributed by atoms with Gasteiger partial charge >= 0.3 is 0 Å². The van der Waals surface area contributed by atoms with Gasteiger partial charge in [0, 0.05) is 25.8 Å². The second kappa shape index (κ2) is 9.29. The normalized spacial score (nSPS) is 32.4. The van der Waals surface area contributed by atoms with Crippen molar-refractivity contribution in [1.82, 2.24) is 5.32 Å². The number of hydrogen-bond acceptors (Lipinski definition) is 4. The van der Waals surface area contributed by atoms with Gasteiger partial charge in [-0.1, -0.05) is 18.6 Å². The van der Waals surface area contributed by atoms with Crippen LogP contribution >= 0.6 is 0 Å². The molecule has 0 saturated heterocycles. The summed E-state index contributed by atoms with van der Waals surface area (Å²) >= 11 is 0. The maximum atomic E-state index is 13.2. The average Bonchev–Trinajstić information content (AvgIpc) is 3.05. The summed E-state index contributed by atoms with van der Waals surface area (Å²) in [6.07, 6.45) is 9.14. The molecule has 1 aromatic rings. The van der Waals surface area contributed by atoms with Gasteiger partial charge in [-0.2, -0.15) is 0 Å². The molecule has 0 aliphatic heterocycles. The van der Waals surface area contributed by atoms with E-state index in [0.717, 1.165) is 57.9 Å².